The van der Waals surface area contributed by atoms with E-state index in [4.69, 9.17) is 20.0 Å². The number of nitrogens with two attached hydrogens (primary N) is 1. The lowest BCUT2D eigenvalue weighted by Gasteiger charge is -2.44. The van der Waals surface area contributed by atoms with Gasteiger partial charge in [-0.05, 0) is 35.2 Å². The van der Waals surface area contributed by atoms with Crippen LogP contribution in [0.4, 0.5) is 10.2 Å². The molecule has 4 heterocycles. The number of hydrogen-bond donors (Lipinski definition) is 1. The third-order valence-electron chi connectivity index (χ3n) is 7.31. The van der Waals surface area contributed by atoms with Gasteiger partial charge in [-0.25, -0.2) is 19.0 Å². The largest absolute Gasteiger partial charge is 0.407 e. The Bertz CT molecular complexity index is 1160. The smallest absolute Gasteiger partial charge is 0.201 e. The van der Waals surface area contributed by atoms with E-state index in [1.807, 2.05) is 19.1 Å². The number of pyridine rings is 1. The molecule has 4 rings (SSSR count). The van der Waals surface area contributed by atoms with Crippen molar-refractivity contribution in [3.05, 3.63) is 30.9 Å². The van der Waals surface area contributed by atoms with Gasteiger partial charge in [0.25, 0.3) is 0 Å². The first-order valence-electron chi connectivity index (χ1n) is 12.7. The van der Waals surface area contributed by atoms with Crippen molar-refractivity contribution in [3.8, 4) is 0 Å². The standard InChI is InChI=1S/C25H37FN6O2SSi/c1-8-18-21(34-36(14(2)3,15(4)5)16(6)7)20(26)25(33-18)32-23-19(22(27)29-13-30-23)24(31-32)35-17-9-11-28-12-10-17/h9-16,18,20-21,25H,8H2,1-7H3,(H2,27,29,30)/t18-,20+,21-,25-/m1/s1. The predicted molar refractivity (Wildman–Crippen MR) is 143 cm³/mol. The molecular weight excluding hydrogens is 495 g/mol. The molecule has 0 aromatic carbocycles. The number of ether oxygens (including phenoxy) is 1. The third kappa shape index (κ3) is 4.66. The van der Waals surface area contributed by atoms with Crippen molar-refractivity contribution in [2.24, 2.45) is 0 Å². The summed E-state index contributed by atoms with van der Waals surface area (Å²) < 4.78 is 31.1. The van der Waals surface area contributed by atoms with E-state index in [-0.39, 0.29) is 6.10 Å². The van der Waals surface area contributed by atoms with E-state index in [9.17, 15) is 0 Å². The second kappa shape index (κ2) is 10.7. The maximum Gasteiger partial charge on any atom is 0.201 e. The van der Waals surface area contributed by atoms with Gasteiger partial charge in [0.05, 0.1) is 11.5 Å². The van der Waals surface area contributed by atoms with Gasteiger partial charge < -0.3 is 14.9 Å². The first kappa shape index (κ1) is 27.0. The maximum absolute atomic E-state index is 16.4. The fourth-order valence-corrected chi connectivity index (χ4v) is 12.2. The molecule has 4 atom stereocenters. The van der Waals surface area contributed by atoms with Gasteiger partial charge in [0.15, 0.2) is 18.0 Å². The van der Waals surface area contributed by atoms with Crippen molar-refractivity contribution in [2.75, 3.05) is 5.73 Å². The molecule has 0 radical (unpaired) electrons. The topological polar surface area (TPSA) is 101 Å². The van der Waals surface area contributed by atoms with Crippen LogP contribution in [0.25, 0.3) is 11.0 Å². The van der Waals surface area contributed by atoms with E-state index in [0.29, 0.717) is 44.9 Å². The zero-order chi connectivity index (χ0) is 26.2. The van der Waals surface area contributed by atoms with Crippen molar-refractivity contribution in [3.63, 3.8) is 0 Å². The molecule has 0 aliphatic carbocycles. The van der Waals surface area contributed by atoms with Crippen LogP contribution in [-0.4, -0.2) is 51.4 Å². The molecule has 11 heteroatoms. The number of nitrogen functional groups attached to an aromatic ring is 1. The lowest BCUT2D eigenvalue weighted by atomic mass is 10.1. The molecule has 0 saturated carbocycles. The van der Waals surface area contributed by atoms with Crippen molar-refractivity contribution in [2.45, 2.75) is 106 Å². The summed E-state index contributed by atoms with van der Waals surface area (Å²) in [6.07, 6.45) is 1.99. The van der Waals surface area contributed by atoms with Crippen molar-refractivity contribution in [1.29, 1.82) is 0 Å². The van der Waals surface area contributed by atoms with Gasteiger partial charge in [0.2, 0.25) is 8.32 Å². The van der Waals surface area contributed by atoms with Crippen LogP contribution >= 0.6 is 11.8 Å². The van der Waals surface area contributed by atoms with Crippen LogP contribution in [0, 0.1) is 0 Å². The van der Waals surface area contributed by atoms with Crippen LogP contribution < -0.4 is 5.73 Å². The Hall–Kier alpha value is -2.08. The molecule has 0 bridgehead atoms. The molecule has 0 unspecified atom stereocenters. The average molecular weight is 533 g/mol. The number of alkyl halides is 1. The monoisotopic (exact) mass is 532 g/mol. The number of aromatic nitrogens is 5. The lowest BCUT2D eigenvalue weighted by Crippen LogP contribution is -2.53. The minimum absolute atomic E-state index is 0.293. The van der Waals surface area contributed by atoms with E-state index in [1.165, 1.54) is 22.8 Å². The fraction of sp³-hybridized carbons (Fsp3) is 0.600. The molecule has 1 fully saturated rings. The molecule has 0 spiro atoms. The molecule has 36 heavy (non-hydrogen) atoms. The number of nitrogens with zero attached hydrogens (tertiary/aromatic N) is 5. The van der Waals surface area contributed by atoms with Gasteiger partial charge in [0, 0.05) is 17.3 Å². The Balaban J connectivity index is 1.74. The maximum atomic E-state index is 16.4. The van der Waals surface area contributed by atoms with Crippen molar-refractivity contribution < 1.29 is 13.6 Å². The Morgan fingerprint density at radius 1 is 1.11 bits per heavy atom. The van der Waals surface area contributed by atoms with Crippen molar-refractivity contribution >= 4 is 36.9 Å². The molecule has 8 nitrogen and oxygen atoms in total. The van der Waals surface area contributed by atoms with E-state index in [1.54, 1.807) is 12.4 Å². The van der Waals surface area contributed by atoms with Crippen LogP contribution in [0.1, 0.15) is 61.1 Å². The lowest BCUT2D eigenvalue weighted by molar-refractivity contribution is -0.0298. The molecule has 1 saturated heterocycles. The summed E-state index contributed by atoms with van der Waals surface area (Å²) in [7, 11) is -2.34. The highest BCUT2D eigenvalue weighted by Crippen LogP contribution is 2.47. The summed E-state index contributed by atoms with van der Waals surface area (Å²) in [6.45, 7) is 15.2. The highest BCUT2D eigenvalue weighted by Gasteiger charge is 2.54. The molecule has 1 aliphatic heterocycles. The minimum Gasteiger partial charge on any atom is -0.407 e. The first-order valence-corrected chi connectivity index (χ1v) is 15.6. The summed E-state index contributed by atoms with van der Waals surface area (Å²) in [6, 6.07) is 3.76. The Labute approximate surface area is 217 Å². The van der Waals surface area contributed by atoms with E-state index in [2.05, 4.69) is 56.5 Å². The van der Waals surface area contributed by atoms with Gasteiger partial charge in [0.1, 0.15) is 23.3 Å². The molecule has 2 N–H and O–H groups in total. The predicted octanol–water partition coefficient (Wildman–Crippen LogP) is 6.16. The zero-order valence-corrected chi connectivity index (χ0v) is 23.9. The molecule has 0 amide bonds. The molecule has 1 aliphatic rings. The number of fused-ring (bicyclic) bond motifs is 1. The van der Waals surface area contributed by atoms with Gasteiger partial charge in [-0.2, -0.15) is 5.10 Å². The second-order valence-electron chi connectivity index (χ2n) is 10.3. The summed E-state index contributed by atoms with van der Waals surface area (Å²) >= 11 is 1.41. The number of anilines is 1. The number of hydrogen-bond acceptors (Lipinski definition) is 8. The third-order valence-corrected chi connectivity index (χ3v) is 14.4. The van der Waals surface area contributed by atoms with E-state index >= 15 is 4.39 Å². The van der Waals surface area contributed by atoms with Crippen molar-refractivity contribution in [1.82, 2.24) is 24.7 Å². The van der Waals surface area contributed by atoms with Crippen LogP contribution in [-0.2, 0) is 9.16 Å². The Morgan fingerprint density at radius 3 is 2.33 bits per heavy atom. The van der Waals surface area contributed by atoms with Crippen LogP contribution in [0.15, 0.2) is 40.8 Å². The summed E-state index contributed by atoms with van der Waals surface area (Å²) in [4.78, 5) is 13.6. The zero-order valence-electron chi connectivity index (χ0n) is 22.1. The molecule has 3 aromatic rings. The quantitative estimate of drug-likeness (QED) is 0.327. The Kier molecular flexibility index (Phi) is 8.03. The highest BCUT2D eigenvalue weighted by molar-refractivity contribution is 7.99. The summed E-state index contributed by atoms with van der Waals surface area (Å²) in [5.74, 6) is 0.293. The van der Waals surface area contributed by atoms with Gasteiger partial charge in [-0.15, -0.1) is 0 Å². The van der Waals surface area contributed by atoms with Crippen LogP contribution in [0.5, 0.6) is 0 Å². The van der Waals surface area contributed by atoms with E-state index in [0.717, 1.165) is 4.90 Å². The van der Waals surface area contributed by atoms with E-state index < -0.39 is 26.8 Å². The fourth-order valence-electron chi connectivity index (χ4n) is 5.74. The minimum atomic E-state index is -2.34. The molecule has 3 aromatic heterocycles. The van der Waals surface area contributed by atoms with Gasteiger partial charge in [-0.3, -0.25) is 4.98 Å². The Morgan fingerprint density at radius 2 is 1.75 bits per heavy atom. The van der Waals surface area contributed by atoms with Crippen LogP contribution in [0.2, 0.25) is 16.6 Å². The van der Waals surface area contributed by atoms with Gasteiger partial charge in [-0.1, -0.05) is 60.2 Å². The van der Waals surface area contributed by atoms with Crippen LogP contribution in [0.3, 0.4) is 0 Å². The highest BCUT2D eigenvalue weighted by atomic mass is 32.2. The first-order chi connectivity index (χ1) is 17.1. The molecule has 196 valence electrons. The SMILES string of the molecule is CC[C@H]1O[C@@H](n2nc(Sc3ccncc3)c3c(N)ncnc32)[C@@H](F)[C@@H]1O[Si](C(C)C)(C(C)C)C(C)C. The number of rotatable bonds is 9. The normalized spacial score (nSPS) is 23.0. The number of halogens is 1. The second-order valence-corrected chi connectivity index (χ2v) is 16.8. The van der Waals surface area contributed by atoms with Gasteiger partial charge >= 0.3 is 0 Å². The molecular formula is C25H37FN6O2SSi. The summed E-state index contributed by atoms with van der Waals surface area (Å²) in [5, 5.41) is 5.93. The summed E-state index contributed by atoms with van der Waals surface area (Å²) in [5.41, 5.74) is 7.69. The average Bonchev–Trinajstić information content (AvgIpc) is 3.35.